The third-order valence-corrected chi connectivity index (χ3v) is 6.85. The quantitative estimate of drug-likeness (QED) is 0.485. The van der Waals surface area contributed by atoms with Gasteiger partial charge in [-0.2, -0.15) is 0 Å². The fraction of sp³-hybridized carbons (Fsp3) is 0.440. The summed E-state index contributed by atoms with van der Waals surface area (Å²) in [6, 6.07) is 15.1. The molecule has 1 atom stereocenters. The van der Waals surface area contributed by atoms with Crippen molar-refractivity contribution in [1.82, 2.24) is 10.2 Å². The number of nitrogens with zero attached hydrogens (tertiary/aromatic N) is 1. The summed E-state index contributed by atoms with van der Waals surface area (Å²) in [5, 5.41) is 3.84. The van der Waals surface area contributed by atoms with Crippen LogP contribution >= 0.6 is 27.5 Å². The predicted octanol–water partition coefficient (Wildman–Crippen LogP) is 5.90. The Morgan fingerprint density at radius 1 is 1.10 bits per heavy atom. The Kier molecular flexibility index (Phi) is 8.97. The number of nitrogens with one attached hydrogen (secondary N) is 1. The molecule has 3 rings (SSSR count). The maximum absolute atomic E-state index is 13.2. The standard InChI is InChI=1S/C25H30BrClN2O2/c1-18(25(31)28-22-8-3-2-4-9-22)29(17-19-11-14-21(26)15-12-19)24(30)16-13-20-7-5-6-10-23(20)27/h5-7,10-12,14-15,18,22H,2-4,8-9,13,16-17H2,1H3,(H,28,31)/t18-/m0/s1. The summed E-state index contributed by atoms with van der Waals surface area (Å²) in [4.78, 5) is 27.9. The lowest BCUT2D eigenvalue weighted by Gasteiger charge is -2.31. The van der Waals surface area contributed by atoms with E-state index < -0.39 is 6.04 Å². The summed E-state index contributed by atoms with van der Waals surface area (Å²) in [6.07, 6.45) is 6.43. The van der Waals surface area contributed by atoms with E-state index in [1.807, 2.05) is 55.5 Å². The number of carbonyl (C=O) groups excluding carboxylic acids is 2. The van der Waals surface area contributed by atoms with E-state index in [4.69, 9.17) is 11.6 Å². The van der Waals surface area contributed by atoms with Crippen LogP contribution < -0.4 is 5.32 Å². The van der Waals surface area contributed by atoms with Crippen LogP contribution in [0.1, 0.15) is 56.6 Å². The second-order valence-corrected chi connectivity index (χ2v) is 9.58. The predicted molar refractivity (Wildman–Crippen MR) is 129 cm³/mol. The van der Waals surface area contributed by atoms with E-state index in [1.54, 1.807) is 4.90 Å². The fourth-order valence-electron chi connectivity index (χ4n) is 4.02. The molecule has 2 aromatic carbocycles. The number of benzene rings is 2. The van der Waals surface area contributed by atoms with Crippen molar-refractivity contribution in [2.24, 2.45) is 0 Å². The minimum atomic E-state index is -0.538. The van der Waals surface area contributed by atoms with Crippen molar-refractivity contribution in [2.75, 3.05) is 0 Å². The maximum atomic E-state index is 13.2. The van der Waals surface area contributed by atoms with Gasteiger partial charge in [0.25, 0.3) is 0 Å². The molecule has 4 nitrogen and oxygen atoms in total. The van der Waals surface area contributed by atoms with E-state index in [0.717, 1.165) is 41.3 Å². The smallest absolute Gasteiger partial charge is 0.242 e. The zero-order valence-electron chi connectivity index (χ0n) is 17.9. The first-order chi connectivity index (χ1) is 14.9. The van der Waals surface area contributed by atoms with Crippen LogP contribution in [-0.4, -0.2) is 28.8 Å². The summed E-state index contributed by atoms with van der Waals surface area (Å²) in [6.45, 7) is 2.22. The van der Waals surface area contributed by atoms with Crippen LogP contribution in [0.3, 0.4) is 0 Å². The average Bonchev–Trinajstić information content (AvgIpc) is 2.78. The van der Waals surface area contributed by atoms with Gasteiger partial charge in [0.1, 0.15) is 6.04 Å². The van der Waals surface area contributed by atoms with Gasteiger partial charge in [0.05, 0.1) is 0 Å². The molecule has 1 aliphatic carbocycles. The van der Waals surface area contributed by atoms with Crippen molar-refractivity contribution >= 4 is 39.3 Å². The number of hydrogen-bond acceptors (Lipinski definition) is 2. The number of amides is 2. The SMILES string of the molecule is C[C@@H](C(=O)NC1CCCCC1)N(Cc1ccc(Br)cc1)C(=O)CCc1ccccc1Cl. The zero-order chi connectivity index (χ0) is 22.2. The Morgan fingerprint density at radius 3 is 2.45 bits per heavy atom. The van der Waals surface area contributed by atoms with Crippen LogP contribution in [0, 0.1) is 0 Å². The normalized spacial score (nSPS) is 15.3. The molecule has 0 saturated heterocycles. The van der Waals surface area contributed by atoms with E-state index in [1.165, 1.54) is 6.42 Å². The lowest BCUT2D eigenvalue weighted by molar-refractivity contribution is -0.141. The number of rotatable bonds is 8. The molecule has 1 saturated carbocycles. The van der Waals surface area contributed by atoms with Crippen molar-refractivity contribution in [3.05, 3.63) is 69.2 Å². The van der Waals surface area contributed by atoms with Crippen LogP contribution in [0.15, 0.2) is 53.0 Å². The van der Waals surface area contributed by atoms with Gasteiger partial charge < -0.3 is 10.2 Å². The van der Waals surface area contributed by atoms with E-state index in [0.29, 0.717) is 24.4 Å². The number of halogens is 2. The number of hydrogen-bond donors (Lipinski definition) is 1. The molecule has 0 aliphatic heterocycles. The largest absolute Gasteiger partial charge is 0.352 e. The Hall–Kier alpha value is -1.85. The van der Waals surface area contributed by atoms with Crippen molar-refractivity contribution in [3.8, 4) is 0 Å². The van der Waals surface area contributed by atoms with Crippen LogP contribution in [0.4, 0.5) is 0 Å². The van der Waals surface area contributed by atoms with Crippen molar-refractivity contribution in [3.63, 3.8) is 0 Å². The van der Waals surface area contributed by atoms with Crippen LogP contribution in [-0.2, 0) is 22.6 Å². The summed E-state index contributed by atoms with van der Waals surface area (Å²) < 4.78 is 0.982. The summed E-state index contributed by atoms with van der Waals surface area (Å²) >= 11 is 9.71. The highest BCUT2D eigenvalue weighted by Crippen LogP contribution is 2.21. The highest BCUT2D eigenvalue weighted by molar-refractivity contribution is 9.10. The molecule has 6 heteroatoms. The third-order valence-electron chi connectivity index (χ3n) is 5.95. The first-order valence-electron chi connectivity index (χ1n) is 11.0. The second-order valence-electron chi connectivity index (χ2n) is 8.26. The Labute approximate surface area is 198 Å². The van der Waals surface area contributed by atoms with E-state index >= 15 is 0 Å². The van der Waals surface area contributed by atoms with Gasteiger partial charge in [0, 0.05) is 28.5 Å². The number of aryl methyl sites for hydroxylation is 1. The minimum Gasteiger partial charge on any atom is -0.352 e. The highest BCUT2D eigenvalue weighted by Gasteiger charge is 2.28. The molecule has 166 valence electrons. The topological polar surface area (TPSA) is 49.4 Å². The van der Waals surface area contributed by atoms with Crippen LogP contribution in [0.25, 0.3) is 0 Å². The summed E-state index contributed by atoms with van der Waals surface area (Å²) in [5.74, 6) is -0.121. The Bertz CT molecular complexity index is 881. The molecule has 1 aliphatic rings. The molecular weight excluding hydrogens is 476 g/mol. The van der Waals surface area contributed by atoms with E-state index in [-0.39, 0.29) is 17.9 Å². The molecule has 2 aromatic rings. The fourth-order valence-corrected chi connectivity index (χ4v) is 4.52. The van der Waals surface area contributed by atoms with Gasteiger partial charge in [-0.3, -0.25) is 9.59 Å². The molecule has 0 bridgehead atoms. The van der Waals surface area contributed by atoms with Crippen molar-refractivity contribution < 1.29 is 9.59 Å². The molecular formula is C25H30BrClN2O2. The molecule has 0 unspecified atom stereocenters. The molecule has 1 fully saturated rings. The van der Waals surface area contributed by atoms with Gasteiger partial charge in [-0.25, -0.2) is 0 Å². The van der Waals surface area contributed by atoms with E-state index in [9.17, 15) is 9.59 Å². The first-order valence-corrected chi connectivity index (χ1v) is 12.2. The lowest BCUT2D eigenvalue weighted by atomic mass is 9.95. The van der Waals surface area contributed by atoms with Gasteiger partial charge >= 0.3 is 0 Å². The Morgan fingerprint density at radius 2 is 1.77 bits per heavy atom. The number of carbonyl (C=O) groups is 2. The van der Waals surface area contributed by atoms with Gasteiger partial charge in [-0.05, 0) is 55.5 Å². The molecule has 0 spiro atoms. The minimum absolute atomic E-state index is 0.0471. The lowest BCUT2D eigenvalue weighted by Crippen LogP contribution is -2.50. The molecule has 0 radical (unpaired) electrons. The molecule has 2 amide bonds. The van der Waals surface area contributed by atoms with Crippen molar-refractivity contribution in [2.45, 2.75) is 70.5 Å². The molecule has 0 aromatic heterocycles. The van der Waals surface area contributed by atoms with E-state index in [2.05, 4.69) is 21.2 Å². The molecule has 0 heterocycles. The summed E-state index contributed by atoms with van der Waals surface area (Å²) in [7, 11) is 0. The third kappa shape index (κ3) is 7.08. The van der Waals surface area contributed by atoms with Gasteiger partial charge in [-0.1, -0.05) is 77.1 Å². The van der Waals surface area contributed by atoms with Crippen molar-refractivity contribution in [1.29, 1.82) is 0 Å². The molecule has 1 N–H and O–H groups in total. The molecule has 31 heavy (non-hydrogen) atoms. The summed E-state index contributed by atoms with van der Waals surface area (Å²) in [5.41, 5.74) is 1.94. The Balaban J connectivity index is 1.70. The maximum Gasteiger partial charge on any atom is 0.242 e. The first kappa shape index (κ1) is 23.8. The van der Waals surface area contributed by atoms with Crippen LogP contribution in [0.2, 0.25) is 5.02 Å². The highest BCUT2D eigenvalue weighted by atomic mass is 79.9. The van der Waals surface area contributed by atoms with Gasteiger partial charge in [-0.15, -0.1) is 0 Å². The average molecular weight is 506 g/mol. The van der Waals surface area contributed by atoms with Crippen LogP contribution in [0.5, 0.6) is 0 Å². The zero-order valence-corrected chi connectivity index (χ0v) is 20.3. The monoisotopic (exact) mass is 504 g/mol. The second kappa shape index (κ2) is 11.7. The van der Waals surface area contributed by atoms with Gasteiger partial charge in [0.2, 0.25) is 11.8 Å². The van der Waals surface area contributed by atoms with Gasteiger partial charge in [0.15, 0.2) is 0 Å².